The van der Waals surface area contributed by atoms with Gasteiger partial charge in [-0.3, -0.25) is 4.48 Å². The molecule has 0 radical (unpaired) electrons. The summed E-state index contributed by atoms with van der Waals surface area (Å²) in [5.74, 6) is -1.08. The molecule has 0 amide bonds. The van der Waals surface area contributed by atoms with Crippen LogP contribution in [0.2, 0.25) is 0 Å². The number of rotatable bonds is 3. The molecule has 0 aliphatic heterocycles. The van der Waals surface area contributed by atoms with E-state index in [9.17, 15) is 0 Å². The molecule has 0 saturated heterocycles. The van der Waals surface area contributed by atoms with Gasteiger partial charge in [-0.05, 0) is 19.1 Å². The maximum Gasteiger partial charge on any atom is 0.132 e. The molecule has 2 aromatic carbocycles. The highest BCUT2D eigenvalue weighted by atomic mass is 16.4. The summed E-state index contributed by atoms with van der Waals surface area (Å²) in [7, 11) is 4.48. The molecule has 0 aliphatic carbocycles. The Morgan fingerprint density at radius 3 is 1.80 bits per heavy atom. The minimum atomic E-state index is -1.08. The first-order chi connectivity index (χ1) is 9.42. The predicted octanol–water partition coefficient (Wildman–Crippen LogP) is 2.21. The quantitative estimate of drug-likeness (QED) is 0.803. The molecule has 3 heteroatoms. The smallest absolute Gasteiger partial charge is 0.132 e. The van der Waals surface area contributed by atoms with Gasteiger partial charge in [-0.2, -0.15) is 0 Å². The Morgan fingerprint density at radius 2 is 1.35 bits per heavy atom. The van der Waals surface area contributed by atoms with Crippen LogP contribution in [0.3, 0.4) is 0 Å². The average molecular weight is 271 g/mol. The van der Waals surface area contributed by atoms with Gasteiger partial charge in [0, 0.05) is 11.5 Å². The molecule has 0 aliphatic rings. The number of aliphatic carboxylic acids is 1. The van der Waals surface area contributed by atoms with Crippen molar-refractivity contribution >= 4 is 11.7 Å². The third kappa shape index (κ3) is 5.67. The number of nitrogens with zero attached hydrogens (tertiary/aromatic N) is 1. The molecular weight excluding hydrogens is 250 g/mol. The van der Waals surface area contributed by atoms with E-state index in [1.807, 2.05) is 0 Å². The second-order valence-corrected chi connectivity index (χ2v) is 5.16. The zero-order valence-corrected chi connectivity index (χ0v) is 12.2. The van der Waals surface area contributed by atoms with Crippen molar-refractivity contribution in [3.63, 3.8) is 0 Å². The van der Waals surface area contributed by atoms with Crippen LogP contribution in [0.15, 0.2) is 60.7 Å². The SMILES string of the molecule is CC(=O)[O-].C[N+](C)(Cc1ccccc1)c1ccccc1. The number of benzene rings is 2. The fraction of sp³-hybridized carbons (Fsp3) is 0.235. The van der Waals surface area contributed by atoms with Crippen LogP contribution in [0.1, 0.15) is 12.5 Å². The molecule has 106 valence electrons. The van der Waals surface area contributed by atoms with E-state index >= 15 is 0 Å². The Hall–Kier alpha value is -2.13. The Kier molecular flexibility index (Phi) is 5.94. The fourth-order valence-electron chi connectivity index (χ4n) is 1.96. The Morgan fingerprint density at radius 1 is 0.950 bits per heavy atom. The molecule has 2 aromatic rings. The molecule has 0 unspecified atom stereocenters. The predicted molar refractivity (Wildman–Crippen MR) is 80.9 cm³/mol. The number of hydrogen-bond donors (Lipinski definition) is 0. The molecule has 3 nitrogen and oxygen atoms in total. The van der Waals surface area contributed by atoms with Crippen LogP contribution in [0.25, 0.3) is 0 Å². The van der Waals surface area contributed by atoms with Crippen molar-refractivity contribution < 1.29 is 9.90 Å². The second kappa shape index (κ2) is 7.46. The number of para-hydroxylation sites is 1. The highest BCUT2D eigenvalue weighted by molar-refractivity contribution is 5.60. The van der Waals surface area contributed by atoms with Crippen molar-refractivity contribution in [3.05, 3.63) is 66.2 Å². The van der Waals surface area contributed by atoms with Gasteiger partial charge in [0.15, 0.2) is 0 Å². The van der Waals surface area contributed by atoms with Gasteiger partial charge in [-0.15, -0.1) is 0 Å². The van der Waals surface area contributed by atoms with E-state index in [0.717, 1.165) is 18.0 Å². The van der Waals surface area contributed by atoms with Gasteiger partial charge in [0.25, 0.3) is 0 Å². The summed E-state index contributed by atoms with van der Waals surface area (Å²) in [5, 5.41) is 8.89. The van der Waals surface area contributed by atoms with Crippen LogP contribution in [-0.2, 0) is 11.3 Å². The minimum Gasteiger partial charge on any atom is -0.550 e. The molecular formula is C17H21NO2. The van der Waals surface area contributed by atoms with Crippen LogP contribution in [-0.4, -0.2) is 20.1 Å². The first-order valence-corrected chi connectivity index (χ1v) is 6.52. The lowest BCUT2D eigenvalue weighted by atomic mass is 10.2. The molecule has 20 heavy (non-hydrogen) atoms. The summed E-state index contributed by atoms with van der Waals surface area (Å²) in [6, 6.07) is 21.2. The molecule has 0 fully saturated rings. The summed E-state index contributed by atoms with van der Waals surface area (Å²) < 4.78 is 0.880. The summed E-state index contributed by atoms with van der Waals surface area (Å²) in [4.78, 5) is 8.89. The van der Waals surface area contributed by atoms with Gasteiger partial charge in [0.2, 0.25) is 0 Å². The van der Waals surface area contributed by atoms with Crippen molar-refractivity contribution in [3.8, 4) is 0 Å². The highest BCUT2D eigenvalue weighted by Gasteiger charge is 2.18. The van der Waals surface area contributed by atoms with Crippen LogP contribution in [0, 0.1) is 0 Å². The number of carboxylic acids is 1. The monoisotopic (exact) mass is 271 g/mol. The molecule has 0 heterocycles. The maximum atomic E-state index is 8.89. The second-order valence-electron chi connectivity index (χ2n) is 5.16. The van der Waals surface area contributed by atoms with Crippen molar-refractivity contribution in [2.75, 3.05) is 14.1 Å². The van der Waals surface area contributed by atoms with Crippen molar-refractivity contribution in [1.82, 2.24) is 4.48 Å². The Balaban J connectivity index is 0.000000444. The summed E-state index contributed by atoms with van der Waals surface area (Å²) in [5.41, 5.74) is 2.71. The van der Waals surface area contributed by atoms with E-state index in [2.05, 4.69) is 74.8 Å². The van der Waals surface area contributed by atoms with E-state index in [0.29, 0.717) is 0 Å². The van der Waals surface area contributed by atoms with Gasteiger partial charge in [0.05, 0.1) is 14.1 Å². The highest BCUT2D eigenvalue weighted by Crippen LogP contribution is 2.21. The molecule has 0 bridgehead atoms. The molecule has 2 rings (SSSR count). The lowest BCUT2D eigenvalue weighted by Crippen LogP contribution is -2.39. The topological polar surface area (TPSA) is 40.1 Å². The van der Waals surface area contributed by atoms with E-state index in [4.69, 9.17) is 9.90 Å². The van der Waals surface area contributed by atoms with Crippen LogP contribution in [0.5, 0.6) is 0 Å². The van der Waals surface area contributed by atoms with Gasteiger partial charge >= 0.3 is 0 Å². The lowest BCUT2D eigenvalue weighted by molar-refractivity contribution is -0.302. The zero-order chi connectivity index (χ0) is 15.0. The third-order valence-corrected chi connectivity index (χ3v) is 2.88. The van der Waals surface area contributed by atoms with E-state index in [1.165, 1.54) is 11.3 Å². The van der Waals surface area contributed by atoms with E-state index in [1.54, 1.807) is 0 Å². The molecule has 0 atom stereocenters. The van der Waals surface area contributed by atoms with Crippen molar-refractivity contribution in [2.24, 2.45) is 0 Å². The van der Waals surface area contributed by atoms with Crippen LogP contribution in [0.4, 0.5) is 5.69 Å². The van der Waals surface area contributed by atoms with E-state index in [-0.39, 0.29) is 0 Å². The molecule has 0 saturated carbocycles. The van der Waals surface area contributed by atoms with Crippen molar-refractivity contribution in [1.29, 1.82) is 0 Å². The standard InChI is InChI=1S/C15H18N.C2H4O2/c1-16(2,15-11-7-4-8-12-15)13-14-9-5-3-6-10-14;1-2(3)4/h3-12H,13H2,1-2H3;1H3,(H,3,4)/q+1;/p-1. The minimum absolute atomic E-state index is 0.880. The molecule has 0 spiro atoms. The first-order valence-electron chi connectivity index (χ1n) is 6.52. The molecule has 0 aromatic heterocycles. The lowest BCUT2D eigenvalue weighted by Gasteiger charge is -2.29. The Bertz CT molecular complexity index is 517. The third-order valence-electron chi connectivity index (χ3n) is 2.88. The summed E-state index contributed by atoms with van der Waals surface area (Å²) in [6.07, 6.45) is 0. The zero-order valence-electron chi connectivity index (χ0n) is 12.2. The largest absolute Gasteiger partial charge is 0.550 e. The summed E-state index contributed by atoms with van der Waals surface area (Å²) in [6.45, 7) is 1.99. The van der Waals surface area contributed by atoms with Crippen LogP contribution < -0.4 is 9.59 Å². The first kappa shape index (κ1) is 15.9. The average Bonchev–Trinajstić information content (AvgIpc) is 2.40. The number of carbonyl (C=O) groups is 1. The maximum absolute atomic E-state index is 8.89. The van der Waals surface area contributed by atoms with Crippen molar-refractivity contribution in [2.45, 2.75) is 13.5 Å². The van der Waals surface area contributed by atoms with Crippen LogP contribution >= 0.6 is 0 Å². The van der Waals surface area contributed by atoms with Gasteiger partial charge < -0.3 is 9.90 Å². The Labute approximate surface area is 120 Å². The fourth-order valence-corrected chi connectivity index (χ4v) is 1.96. The number of carbonyl (C=O) groups excluding carboxylic acids is 1. The molecule has 0 N–H and O–H groups in total. The number of quaternary nitrogens is 1. The number of hydrogen-bond acceptors (Lipinski definition) is 2. The van der Waals surface area contributed by atoms with Gasteiger partial charge in [-0.25, -0.2) is 0 Å². The summed E-state index contributed by atoms with van der Waals surface area (Å²) >= 11 is 0. The van der Waals surface area contributed by atoms with E-state index < -0.39 is 5.97 Å². The number of carboxylic acid groups (broad SMARTS) is 1. The van der Waals surface area contributed by atoms with Gasteiger partial charge in [-0.1, -0.05) is 48.5 Å². The normalized spacial score (nSPS) is 10.3. The van der Waals surface area contributed by atoms with Gasteiger partial charge in [0.1, 0.15) is 12.2 Å².